The summed E-state index contributed by atoms with van der Waals surface area (Å²) in [5.41, 5.74) is 3.34. The standard InChI is InChI=1S/C30H34N4O3/c1-21-11-15-34(16-12-21)29-32-19-24(28(35)31-18-22-9-10-25-26(17-22)37-20-36-25)27(33-29)30(13-5-6-14-30)23-7-3-2-4-8-23/h2-4,7-10,17,19,21H,5-6,11-16,18,20H2,1H3,(H,31,35). The highest BCUT2D eigenvalue weighted by Crippen LogP contribution is 2.47. The smallest absolute Gasteiger partial charge is 0.255 e. The number of carbonyl (C=O) groups excluding carboxylic acids is 1. The van der Waals surface area contributed by atoms with Gasteiger partial charge in [0.15, 0.2) is 11.5 Å². The number of benzene rings is 2. The summed E-state index contributed by atoms with van der Waals surface area (Å²) in [6, 6.07) is 16.3. The highest BCUT2D eigenvalue weighted by atomic mass is 16.7. The number of piperidine rings is 1. The molecule has 1 aromatic heterocycles. The van der Waals surface area contributed by atoms with Gasteiger partial charge >= 0.3 is 0 Å². The molecule has 1 N–H and O–H groups in total. The van der Waals surface area contributed by atoms with E-state index >= 15 is 0 Å². The topological polar surface area (TPSA) is 76.6 Å². The predicted molar refractivity (Wildman–Crippen MR) is 142 cm³/mol. The minimum absolute atomic E-state index is 0.145. The van der Waals surface area contributed by atoms with Gasteiger partial charge in [-0.15, -0.1) is 0 Å². The third kappa shape index (κ3) is 4.63. The molecule has 0 bridgehead atoms. The largest absolute Gasteiger partial charge is 0.454 e. The van der Waals surface area contributed by atoms with Gasteiger partial charge in [-0.2, -0.15) is 0 Å². The zero-order valence-electron chi connectivity index (χ0n) is 21.4. The van der Waals surface area contributed by atoms with E-state index in [1.807, 2.05) is 24.3 Å². The van der Waals surface area contributed by atoms with Crippen molar-refractivity contribution in [3.8, 4) is 11.5 Å². The average Bonchev–Trinajstić information content (AvgIpc) is 3.63. The van der Waals surface area contributed by atoms with Crippen LogP contribution < -0.4 is 19.7 Å². The van der Waals surface area contributed by atoms with Crippen LogP contribution in [0.1, 0.15) is 72.6 Å². The van der Waals surface area contributed by atoms with Gasteiger partial charge in [0.05, 0.1) is 11.3 Å². The molecule has 0 atom stereocenters. The molecule has 192 valence electrons. The first-order chi connectivity index (χ1) is 18.1. The van der Waals surface area contributed by atoms with Gasteiger partial charge in [0.25, 0.3) is 5.91 Å². The van der Waals surface area contributed by atoms with E-state index in [-0.39, 0.29) is 18.1 Å². The Hall–Kier alpha value is -3.61. The van der Waals surface area contributed by atoms with Crippen molar-refractivity contribution in [2.24, 2.45) is 5.92 Å². The molecule has 1 saturated carbocycles. The van der Waals surface area contributed by atoms with Gasteiger partial charge < -0.3 is 19.7 Å². The van der Waals surface area contributed by atoms with Crippen molar-refractivity contribution in [1.82, 2.24) is 15.3 Å². The number of nitrogens with one attached hydrogen (secondary N) is 1. The number of hydrogen-bond acceptors (Lipinski definition) is 6. The fourth-order valence-corrected chi connectivity index (χ4v) is 5.99. The summed E-state index contributed by atoms with van der Waals surface area (Å²) in [6.07, 6.45) is 8.23. The molecule has 1 aliphatic carbocycles. The van der Waals surface area contributed by atoms with Crippen LogP contribution in [-0.2, 0) is 12.0 Å². The molecule has 7 heteroatoms. The van der Waals surface area contributed by atoms with E-state index in [0.717, 1.165) is 80.5 Å². The normalized spacial score (nSPS) is 18.7. The van der Waals surface area contributed by atoms with E-state index < -0.39 is 0 Å². The van der Waals surface area contributed by atoms with Gasteiger partial charge in [0.1, 0.15) is 0 Å². The molecule has 3 heterocycles. The van der Waals surface area contributed by atoms with Crippen LogP contribution in [0.15, 0.2) is 54.7 Å². The lowest BCUT2D eigenvalue weighted by Gasteiger charge is -2.34. The predicted octanol–water partition coefficient (Wildman–Crippen LogP) is 5.23. The number of ether oxygens (including phenoxy) is 2. The van der Waals surface area contributed by atoms with E-state index in [1.165, 1.54) is 5.56 Å². The summed E-state index contributed by atoms with van der Waals surface area (Å²) in [4.78, 5) is 25.9. The Morgan fingerprint density at radius 2 is 1.81 bits per heavy atom. The molecule has 0 unspecified atom stereocenters. The van der Waals surface area contributed by atoms with E-state index in [0.29, 0.717) is 17.9 Å². The van der Waals surface area contributed by atoms with Crippen LogP contribution in [0, 0.1) is 5.92 Å². The molecule has 0 spiro atoms. The lowest BCUT2D eigenvalue weighted by molar-refractivity contribution is 0.0947. The SMILES string of the molecule is CC1CCN(c2ncc(C(=O)NCc3ccc4c(c3)OCO4)c(C3(c4ccccc4)CCCC3)n2)CC1. The van der Waals surface area contributed by atoms with E-state index in [2.05, 4.69) is 41.4 Å². The summed E-state index contributed by atoms with van der Waals surface area (Å²) in [7, 11) is 0. The monoisotopic (exact) mass is 498 g/mol. The molecule has 3 aliphatic rings. The van der Waals surface area contributed by atoms with Crippen LogP contribution in [0.4, 0.5) is 5.95 Å². The van der Waals surface area contributed by atoms with Crippen molar-refractivity contribution < 1.29 is 14.3 Å². The fraction of sp³-hybridized carbons (Fsp3) is 0.433. The van der Waals surface area contributed by atoms with E-state index in [1.54, 1.807) is 6.20 Å². The van der Waals surface area contributed by atoms with Crippen molar-refractivity contribution in [2.45, 2.75) is 57.4 Å². The molecule has 7 nitrogen and oxygen atoms in total. The van der Waals surface area contributed by atoms with Gasteiger partial charge in [-0.1, -0.05) is 56.2 Å². The summed E-state index contributed by atoms with van der Waals surface area (Å²) in [5.74, 6) is 2.78. The number of rotatable bonds is 6. The van der Waals surface area contributed by atoms with Gasteiger partial charge in [0, 0.05) is 31.2 Å². The van der Waals surface area contributed by atoms with Gasteiger partial charge in [-0.3, -0.25) is 4.79 Å². The molecule has 3 aromatic rings. The Balaban J connectivity index is 1.34. The number of amides is 1. The Bertz CT molecular complexity index is 1270. The fourth-order valence-electron chi connectivity index (χ4n) is 5.99. The summed E-state index contributed by atoms with van der Waals surface area (Å²) < 4.78 is 10.9. The molecular weight excluding hydrogens is 464 g/mol. The third-order valence-electron chi connectivity index (χ3n) is 8.21. The van der Waals surface area contributed by atoms with Crippen LogP contribution in [0.2, 0.25) is 0 Å². The van der Waals surface area contributed by atoms with Gasteiger partial charge in [-0.05, 0) is 54.9 Å². The highest BCUT2D eigenvalue weighted by molar-refractivity contribution is 5.95. The first-order valence-electron chi connectivity index (χ1n) is 13.5. The number of carbonyl (C=O) groups is 1. The number of nitrogens with zero attached hydrogens (tertiary/aromatic N) is 3. The zero-order chi connectivity index (χ0) is 25.2. The lowest BCUT2D eigenvalue weighted by Crippen LogP contribution is -2.37. The van der Waals surface area contributed by atoms with Crippen molar-refractivity contribution in [3.63, 3.8) is 0 Å². The molecule has 2 fully saturated rings. The number of fused-ring (bicyclic) bond motifs is 1. The van der Waals surface area contributed by atoms with E-state index in [9.17, 15) is 4.79 Å². The second-order valence-electron chi connectivity index (χ2n) is 10.6. The quantitative estimate of drug-likeness (QED) is 0.501. The number of aromatic nitrogens is 2. The van der Waals surface area contributed by atoms with Crippen LogP contribution in [0.5, 0.6) is 11.5 Å². The Labute approximate surface area is 218 Å². The molecule has 1 amide bonds. The van der Waals surface area contributed by atoms with Crippen molar-refractivity contribution in [2.75, 3.05) is 24.8 Å². The molecule has 0 radical (unpaired) electrons. The van der Waals surface area contributed by atoms with Crippen LogP contribution in [0.3, 0.4) is 0 Å². The number of hydrogen-bond donors (Lipinski definition) is 1. The summed E-state index contributed by atoms with van der Waals surface area (Å²) in [5, 5.41) is 3.11. The molecular formula is C30H34N4O3. The van der Waals surface area contributed by atoms with Crippen LogP contribution in [0.25, 0.3) is 0 Å². The second-order valence-corrected chi connectivity index (χ2v) is 10.6. The maximum absolute atomic E-state index is 13.7. The Kier molecular flexibility index (Phi) is 6.45. The highest BCUT2D eigenvalue weighted by Gasteiger charge is 2.42. The number of anilines is 1. The Morgan fingerprint density at radius 1 is 1.05 bits per heavy atom. The maximum Gasteiger partial charge on any atom is 0.255 e. The minimum Gasteiger partial charge on any atom is -0.454 e. The van der Waals surface area contributed by atoms with Crippen molar-refractivity contribution >= 4 is 11.9 Å². The van der Waals surface area contributed by atoms with Crippen molar-refractivity contribution in [1.29, 1.82) is 0 Å². The average molecular weight is 499 g/mol. The van der Waals surface area contributed by atoms with Crippen LogP contribution in [-0.4, -0.2) is 35.8 Å². The first kappa shape index (κ1) is 23.8. The van der Waals surface area contributed by atoms with Gasteiger partial charge in [-0.25, -0.2) is 9.97 Å². The van der Waals surface area contributed by atoms with Gasteiger partial charge in [0.2, 0.25) is 12.7 Å². The third-order valence-corrected chi connectivity index (χ3v) is 8.21. The molecule has 2 aliphatic heterocycles. The Morgan fingerprint density at radius 3 is 2.59 bits per heavy atom. The summed E-state index contributed by atoms with van der Waals surface area (Å²) in [6.45, 7) is 4.83. The zero-order valence-corrected chi connectivity index (χ0v) is 21.4. The lowest BCUT2D eigenvalue weighted by atomic mass is 9.74. The molecule has 37 heavy (non-hydrogen) atoms. The summed E-state index contributed by atoms with van der Waals surface area (Å²) >= 11 is 0. The van der Waals surface area contributed by atoms with Crippen LogP contribution >= 0.6 is 0 Å². The van der Waals surface area contributed by atoms with Crippen molar-refractivity contribution in [3.05, 3.63) is 77.1 Å². The minimum atomic E-state index is -0.284. The second kappa shape index (κ2) is 10.0. The maximum atomic E-state index is 13.7. The molecule has 1 saturated heterocycles. The first-order valence-corrected chi connectivity index (χ1v) is 13.5. The van der Waals surface area contributed by atoms with E-state index in [4.69, 9.17) is 19.4 Å². The molecule has 6 rings (SSSR count). The molecule has 2 aromatic carbocycles.